The second kappa shape index (κ2) is 4.14. The van der Waals surface area contributed by atoms with Gasteiger partial charge in [-0.3, -0.25) is 4.79 Å². The zero-order chi connectivity index (χ0) is 13.4. The van der Waals surface area contributed by atoms with Gasteiger partial charge in [0.15, 0.2) is 11.3 Å². The summed E-state index contributed by atoms with van der Waals surface area (Å²) >= 11 is 0. The lowest BCUT2D eigenvalue weighted by molar-refractivity contribution is -0.165. The topological polar surface area (TPSA) is 43.1 Å². The van der Waals surface area contributed by atoms with E-state index in [2.05, 4.69) is 0 Å². The number of carbonyl (C=O) groups excluding carboxylic acids is 1. The average molecular weight is 245 g/mol. The van der Waals surface area contributed by atoms with E-state index in [-0.39, 0.29) is 5.56 Å². The number of benzene rings is 1. The first-order valence-electron chi connectivity index (χ1n) is 5.05. The SMILES string of the molecule is Cc1ccc(C)c(C(=O)C(C)(N)C(F)(F)F)c1. The van der Waals surface area contributed by atoms with Gasteiger partial charge in [0, 0.05) is 5.56 Å². The second-order valence-corrected chi connectivity index (χ2v) is 4.35. The monoisotopic (exact) mass is 245 g/mol. The molecule has 0 radical (unpaired) electrons. The molecule has 1 atom stereocenters. The van der Waals surface area contributed by atoms with Crippen LogP contribution in [0, 0.1) is 13.8 Å². The third-order valence-corrected chi connectivity index (χ3v) is 2.70. The van der Waals surface area contributed by atoms with E-state index >= 15 is 0 Å². The Morgan fingerprint density at radius 1 is 1.24 bits per heavy atom. The maximum Gasteiger partial charge on any atom is 0.413 e. The van der Waals surface area contributed by atoms with E-state index in [1.807, 2.05) is 0 Å². The standard InChI is InChI=1S/C12H14F3NO/c1-7-4-5-8(2)9(6-7)10(17)11(3,16)12(13,14)15/h4-6H,16H2,1-3H3. The first-order valence-corrected chi connectivity index (χ1v) is 5.05. The van der Waals surface area contributed by atoms with E-state index < -0.39 is 17.5 Å². The quantitative estimate of drug-likeness (QED) is 0.814. The van der Waals surface area contributed by atoms with E-state index in [4.69, 9.17) is 5.73 Å². The number of halogens is 3. The van der Waals surface area contributed by atoms with Crippen LogP contribution < -0.4 is 5.73 Å². The molecule has 2 nitrogen and oxygen atoms in total. The second-order valence-electron chi connectivity index (χ2n) is 4.35. The fourth-order valence-corrected chi connectivity index (χ4v) is 1.39. The summed E-state index contributed by atoms with van der Waals surface area (Å²) in [5.74, 6) is -1.11. The number of ketones is 1. The molecule has 0 aromatic heterocycles. The van der Waals surface area contributed by atoms with Crippen molar-refractivity contribution in [3.63, 3.8) is 0 Å². The number of aryl methyl sites for hydroxylation is 2. The van der Waals surface area contributed by atoms with Crippen molar-refractivity contribution in [2.45, 2.75) is 32.5 Å². The van der Waals surface area contributed by atoms with Gasteiger partial charge in [-0.05, 0) is 32.4 Å². The minimum Gasteiger partial charge on any atom is -0.311 e. The van der Waals surface area contributed by atoms with Crippen molar-refractivity contribution in [1.29, 1.82) is 0 Å². The Morgan fingerprint density at radius 2 is 1.76 bits per heavy atom. The van der Waals surface area contributed by atoms with Crippen LogP contribution in [0.4, 0.5) is 13.2 Å². The van der Waals surface area contributed by atoms with Crippen LogP contribution in [0.2, 0.25) is 0 Å². The Labute approximate surface area is 97.6 Å². The fraction of sp³-hybridized carbons (Fsp3) is 0.417. The van der Waals surface area contributed by atoms with E-state index in [0.29, 0.717) is 12.5 Å². The van der Waals surface area contributed by atoms with Crippen molar-refractivity contribution in [2.24, 2.45) is 5.73 Å². The number of nitrogens with two attached hydrogens (primary N) is 1. The van der Waals surface area contributed by atoms with E-state index in [1.165, 1.54) is 6.07 Å². The minimum absolute atomic E-state index is 0.0207. The van der Waals surface area contributed by atoms with Crippen molar-refractivity contribution in [1.82, 2.24) is 0 Å². The predicted octanol–water partition coefficient (Wildman–Crippen LogP) is 2.77. The highest BCUT2D eigenvalue weighted by Crippen LogP contribution is 2.31. The molecule has 94 valence electrons. The third kappa shape index (κ3) is 2.49. The zero-order valence-electron chi connectivity index (χ0n) is 9.85. The molecule has 5 heteroatoms. The summed E-state index contributed by atoms with van der Waals surface area (Å²) in [5.41, 5.74) is 3.49. The van der Waals surface area contributed by atoms with E-state index in [1.54, 1.807) is 26.0 Å². The van der Waals surface area contributed by atoms with Crippen LogP contribution in [0.3, 0.4) is 0 Å². The van der Waals surface area contributed by atoms with E-state index in [0.717, 1.165) is 5.56 Å². The molecule has 1 unspecified atom stereocenters. The maximum absolute atomic E-state index is 12.7. The molecule has 0 amide bonds. The molecule has 0 aliphatic rings. The van der Waals surface area contributed by atoms with Crippen LogP contribution in [-0.4, -0.2) is 17.5 Å². The number of alkyl halides is 3. The highest BCUT2D eigenvalue weighted by molar-refractivity contribution is 6.04. The molecule has 17 heavy (non-hydrogen) atoms. The number of hydrogen-bond acceptors (Lipinski definition) is 2. The molecule has 1 rings (SSSR count). The molecular weight excluding hydrogens is 231 g/mol. The van der Waals surface area contributed by atoms with Gasteiger partial charge in [0.05, 0.1) is 0 Å². The zero-order valence-corrected chi connectivity index (χ0v) is 9.85. The van der Waals surface area contributed by atoms with Gasteiger partial charge in [0.2, 0.25) is 0 Å². The Hall–Kier alpha value is -1.36. The van der Waals surface area contributed by atoms with Gasteiger partial charge in [-0.15, -0.1) is 0 Å². The summed E-state index contributed by atoms with van der Waals surface area (Å²) in [6.45, 7) is 3.98. The summed E-state index contributed by atoms with van der Waals surface area (Å²) < 4.78 is 38.0. The predicted molar refractivity (Wildman–Crippen MR) is 58.9 cm³/mol. The van der Waals surface area contributed by atoms with Crippen molar-refractivity contribution in [3.8, 4) is 0 Å². The Bertz CT molecular complexity index is 450. The van der Waals surface area contributed by atoms with Gasteiger partial charge < -0.3 is 5.73 Å². The molecule has 1 aromatic carbocycles. The van der Waals surface area contributed by atoms with Gasteiger partial charge in [0.25, 0.3) is 0 Å². The number of rotatable bonds is 2. The maximum atomic E-state index is 12.7. The number of Topliss-reactive ketones (excluding diaryl/α,β-unsaturated/α-hetero) is 1. The van der Waals surface area contributed by atoms with Crippen molar-refractivity contribution >= 4 is 5.78 Å². The Balaban J connectivity index is 3.26. The van der Waals surface area contributed by atoms with Crippen molar-refractivity contribution < 1.29 is 18.0 Å². The molecule has 0 aliphatic carbocycles. The molecule has 1 aromatic rings. The normalized spacial score (nSPS) is 15.5. The van der Waals surface area contributed by atoms with Crippen molar-refractivity contribution in [2.75, 3.05) is 0 Å². The van der Waals surface area contributed by atoms with Crippen LogP contribution in [-0.2, 0) is 0 Å². The molecule has 0 heterocycles. The van der Waals surface area contributed by atoms with Gasteiger partial charge in [-0.25, -0.2) is 0 Å². The molecule has 0 aliphatic heterocycles. The van der Waals surface area contributed by atoms with Crippen LogP contribution in [0.25, 0.3) is 0 Å². The van der Waals surface area contributed by atoms with Crippen LogP contribution in [0.15, 0.2) is 18.2 Å². The summed E-state index contributed by atoms with van der Waals surface area (Å²) in [7, 11) is 0. The molecule has 0 spiro atoms. The van der Waals surface area contributed by atoms with Gasteiger partial charge >= 0.3 is 6.18 Å². The molecule has 0 saturated heterocycles. The largest absolute Gasteiger partial charge is 0.413 e. The van der Waals surface area contributed by atoms with Crippen LogP contribution in [0.5, 0.6) is 0 Å². The molecular formula is C12H14F3NO. The summed E-state index contributed by atoms with van der Waals surface area (Å²) in [5, 5.41) is 0. The molecule has 0 saturated carbocycles. The first-order chi connectivity index (χ1) is 7.57. The average Bonchev–Trinajstić information content (AvgIpc) is 2.19. The summed E-state index contributed by atoms with van der Waals surface area (Å²) in [6, 6.07) is 4.76. The van der Waals surface area contributed by atoms with Crippen molar-refractivity contribution in [3.05, 3.63) is 34.9 Å². The van der Waals surface area contributed by atoms with Gasteiger partial charge in [-0.2, -0.15) is 13.2 Å². The Morgan fingerprint density at radius 3 is 2.24 bits per heavy atom. The molecule has 2 N–H and O–H groups in total. The van der Waals surface area contributed by atoms with E-state index in [9.17, 15) is 18.0 Å². The highest BCUT2D eigenvalue weighted by Gasteiger charge is 2.54. The number of carbonyl (C=O) groups is 1. The number of hydrogen-bond donors (Lipinski definition) is 1. The molecule has 0 bridgehead atoms. The minimum atomic E-state index is -4.76. The van der Waals surface area contributed by atoms with Crippen LogP contribution in [0.1, 0.15) is 28.4 Å². The molecule has 0 fully saturated rings. The lowest BCUT2D eigenvalue weighted by Gasteiger charge is -2.26. The Kier molecular flexibility index (Phi) is 3.34. The lowest BCUT2D eigenvalue weighted by Crippen LogP contribution is -2.57. The van der Waals surface area contributed by atoms with Gasteiger partial charge in [-0.1, -0.05) is 17.7 Å². The smallest absolute Gasteiger partial charge is 0.311 e. The third-order valence-electron chi connectivity index (χ3n) is 2.70. The fourth-order valence-electron chi connectivity index (χ4n) is 1.39. The van der Waals surface area contributed by atoms with Gasteiger partial charge in [0.1, 0.15) is 0 Å². The summed E-state index contributed by atoms with van der Waals surface area (Å²) in [4.78, 5) is 11.8. The first kappa shape index (κ1) is 13.7. The highest BCUT2D eigenvalue weighted by atomic mass is 19.4. The lowest BCUT2D eigenvalue weighted by atomic mass is 9.88. The summed E-state index contributed by atoms with van der Waals surface area (Å²) in [6.07, 6.45) is -4.76. The van der Waals surface area contributed by atoms with Crippen LogP contribution >= 0.6 is 0 Å².